The van der Waals surface area contributed by atoms with Gasteiger partial charge in [0.2, 0.25) is 0 Å². The molecule has 0 radical (unpaired) electrons. The second-order valence-electron chi connectivity index (χ2n) is 12.5. The van der Waals surface area contributed by atoms with E-state index in [0.717, 1.165) is 73.1 Å². The number of para-hydroxylation sites is 1. The molecule has 0 saturated heterocycles. The SMILES string of the molecule is c1ccc(-c2ccc(N(c3ccccc3-c3ccccc3)c3cccc4c3-c3ccccc3-c3ccc(-c5ccccc5)cc3O4)cc2)cc1. The Kier molecular flexibility index (Phi) is 7.53. The third kappa shape index (κ3) is 5.34. The van der Waals surface area contributed by atoms with E-state index in [4.69, 9.17) is 4.74 Å². The van der Waals surface area contributed by atoms with E-state index in [0.29, 0.717) is 0 Å². The number of rotatable bonds is 6. The summed E-state index contributed by atoms with van der Waals surface area (Å²) >= 11 is 0. The van der Waals surface area contributed by atoms with Crippen LogP contribution in [0.1, 0.15) is 0 Å². The number of fused-ring (bicyclic) bond motifs is 5. The summed E-state index contributed by atoms with van der Waals surface area (Å²) in [5, 5.41) is 0. The Hall–Kier alpha value is -6.64. The van der Waals surface area contributed by atoms with Crippen molar-refractivity contribution in [2.24, 2.45) is 0 Å². The van der Waals surface area contributed by atoms with Crippen molar-refractivity contribution in [2.45, 2.75) is 0 Å². The van der Waals surface area contributed by atoms with Crippen LogP contribution in [0.4, 0.5) is 17.1 Å². The molecule has 2 heteroatoms. The zero-order chi connectivity index (χ0) is 33.3. The average molecular weight is 640 g/mol. The van der Waals surface area contributed by atoms with Gasteiger partial charge in [-0.2, -0.15) is 0 Å². The Morgan fingerprint density at radius 2 is 0.820 bits per heavy atom. The number of benzene rings is 8. The van der Waals surface area contributed by atoms with Crippen LogP contribution in [0.3, 0.4) is 0 Å². The summed E-state index contributed by atoms with van der Waals surface area (Å²) in [6.07, 6.45) is 0. The van der Waals surface area contributed by atoms with Gasteiger partial charge in [-0.25, -0.2) is 0 Å². The molecule has 0 bridgehead atoms. The number of nitrogens with zero attached hydrogens (tertiary/aromatic N) is 1. The van der Waals surface area contributed by atoms with Crippen LogP contribution in [0, 0.1) is 0 Å². The standard InChI is InChI=1S/C48H33NO/c1-4-15-34(16-5-1)36-27-30-39(31-28-36)49(44-24-13-12-21-40(44)37-19-8-3-9-20-37)45-25-14-26-46-48(45)43-23-11-10-22-41(43)42-32-29-38(33-47(42)50-46)35-17-6-2-7-18-35/h1-33H. The van der Waals surface area contributed by atoms with E-state index >= 15 is 0 Å². The largest absolute Gasteiger partial charge is 0.456 e. The predicted molar refractivity (Wildman–Crippen MR) is 208 cm³/mol. The van der Waals surface area contributed by atoms with Gasteiger partial charge in [0.15, 0.2) is 0 Å². The van der Waals surface area contributed by atoms with E-state index in [1.807, 2.05) is 6.07 Å². The lowest BCUT2D eigenvalue weighted by atomic mass is 9.91. The fourth-order valence-corrected chi connectivity index (χ4v) is 7.13. The minimum absolute atomic E-state index is 0.821. The molecule has 0 aromatic heterocycles. The first-order chi connectivity index (χ1) is 24.8. The minimum Gasteiger partial charge on any atom is -0.456 e. The van der Waals surface area contributed by atoms with Crippen LogP contribution in [0.5, 0.6) is 11.5 Å². The Morgan fingerprint density at radius 3 is 1.52 bits per heavy atom. The van der Waals surface area contributed by atoms with Gasteiger partial charge in [-0.3, -0.25) is 0 Å². The van der Waals surface area contributed by atoms with Gasteiger partial charge in [-0.15, -0.1) is 0 Å². The van der Waals surface area contributed by atoms with Crippen molar-refractivity contribution in [1.82, 2.24) is 0 Å². The van der Waals surface area contributed by atoms with Crippen molar-refractivity contribution in [3.63, 3.8) is 0 Å². The molecular formula is C48H33NO. The quantitative estimate of drug-likeness (QED) is 0.179. The highest BCUT2D eigenvalue weighted by Gasteiger charge is 2.27. The highest BCUT2D eigenvalue weighted by atomic mass is 16.5. The molecule has 0 N–H and O–H groups in total. The molecule has 0 atom stereocenters. The molecule has 1 aliphatic rings. The first kappa shape index (κ1) is 29.5. The van der Waals surface area contributed by atoms with Crippen LogP contribution in [0.2, 0.25) is 0 Å². The first-order valence-corrected chi connectivity index (χ1v) is 17.0. The molecule has 0 aliphatic carbocycles. The first-order valence-electron chi connectivity index (χ1n) is 17.0. The van der Waals surface area contributed by atoms with E-state index in [9.17, 15) is 0 Å². The molecule has 0 spiro atoms. The third-order valence-electron chi connectivity index (χ3n) is 9.50. The van der Waals surface area contributed by atoms with Crippen LogP contribution >= 0.6 is 0 Å². The zero-order valence-electron chi connectivity index (χ0n) is 27.4. The Morgan fingerprint density at radius 1 is 0.300 bits per heavy atom. The number of hydrogen-bond donors (Lipinski definition) is 0. The third-order valence-corrected chi connectivity index (χ3v) is 9.50. The number of hydrogen-bond acceptors (Lipinski definition) is 2. The minimum atomic E-state index is 0.821. The number of anilines is 3. The van der Waals surface area contributed by atoms with Gasteiger partial charge >= 0.3 is 0 Å². The highest BCUT2D eigenvalue weighted by Crippen LogP contribution is 2.53. The monoisotopic (exact) mass is 639 g/mol. The summed E-state index contributed by atoms with van der Waals surface area (Å²) in [6, 6.07) is 70.9. The molecule has 236 valence electrons. The summed E-state index contributed by atoms with van der Waals surface area (Å²) < 4.78 is 6.97. The second kappa shape index (κ2) is 12.8. The van der Waals surface area contributed by atoms with E-state index in [-0.39, 0.29) is 0 Å². The molecule has 0 saturated carbocycles. The summed E-state index contributed by atoms with van der Waals surface area (Å²) in [5.74, 6) is 1.67. The van der Waals surface area contributed by atoms with Gasteiger partial charge in [0.1, 0.15) is 11.5 Å². The van der Waals surface area contributed by atoms with Gasteiger partial charge in [-0.05, 0) is 81.4 Å². The summed E-state index contributed by atoms with van der Waals surface area (Å²) in [4.78, 5) is 2.39. The maximum atomic E-state index is 6.97. The molecule has 8 aromatic carbocycles. The molecule has 50 heavy (non-hydrogen) atoms. The van der Waals surface area contributed by atoms with Gasteiger partial charge < -0.3 is 9.64 Å². The normalized spacial score (nSPS) is 11.4. The predicted octanol–water partition coefficient (Wildman–Crippen LogP) is 13.6. The van der Waals surface area contributed by atoms with Crippen LogP contribution in [-0.2, 0) is 0 Å². The maximum absolute atomic E-state index is 6.97. The highest BCUT2D eigenvalue weighted by molar-refractivity contribution is 6.01. The Bertz CT molecular complexity index is 2430. The topological polar surface area (TPSA) is 12.5 Å². The molecular weight excluding hydrogens is 607 g/mol. The van der Waals surface area contributed by atoms with Crippen LogP contribution in [0.15, 0.2) is 200 Å². The lowest BCUT2D eigenvalue weighted by Crippen LogP contribution is -2.12. The molecule has 9 rings (SSSR count). The summed E-state index contributed by atoms with van der Waals surface area (Å²) in [5.41, 5.74) is 14.6. The van der Waals surface area contributed by atoms with Crippen LogP contribution in [-0.4, -0.2) is 0 Å². The number of ether oxygens (including phenoxy) is 1. The zero-order valence-corrected chi connectivity index (χ0v) is 27.4. The van der Waals surface area contributed by atoms with Crippen molar-refractivity contribution in [3.05, 3.63) is 200 Å². The van der Waals surface area contributed by atoms with E-state index in [1.54, 1.807) is 0 Å². The maximum Gasteiger partial charge on any atom is 0.137 e. The van der Waals surface area contributed by atoms with Crippen molar-refractivity contribution in [2.75, 3.05) is 4.90 Å². The summed E-state index contributed by atoms with van der Waals surface area (Å²) in [7, 11) is 0. The Balaban J connectivity index is 1.27. The average Bonchev–Trinajstić information content (AvgIpc) is 3.34. The molecule has 0 unspecified atom stereocenters. The summed E-state index contributed by atoms with van der Waals surface area (Å²) in [6.45, 7) is 0. The smallest absolute Gasteiger partial charge is 0.137 e. The van der Waals surface area contributed by atoms with Crippen molar-refractivity contribution in [3.8, 4) is 67.1 Å². The van der Waals surface area contributed by atoms with Crippen LogP contribution < -0.4 is 9.64 Å². The van der Waals surface area contributed by atoms with E-state index in [1.165, 1.54) is 11.1 Å². The van der Waals surface area contributed by atoms with Gasteiger partial charge in [0.25, 0.3) is 0 Å². The fraction of sp³-hybridized carbons (Fsp3) is 0. The molecule has 1 heterocycles. The van der Waals surface area contributed by atoms with E-state index in [2.05, 4.69) is 199 Å². The van der Waals surface area contributed by atoms with Crippen molar-refractivity contribution >= 4 is 17.1 Å². The van der Waals surface area contributed by atoms with Gasteiger partial charge in [-0.1, -0.05) is 158 Å². The lowest BCUT2D eigenvalue weighted by Gasteiger charge is -2.30. The molecule has 1 aliphatic heterocycles. The fourth-order valence-electron chi connectivity index (χ4n) is 7.13. The molecule has 0 amide bonds. The van der Waals surface area contributed by atoms with E-state index < -0.39 is 0 Å². The Labute approximate surface area is 293 Å². The second-order valence-corrected chi connectivity index (χ2v) is 12.5. The lowest BCUT2D eigenvalue weighted by molar-refractivity contribution is 0.488. The molecule has 0 fully saturated rings. The van der Waals surface area contributed by atoms with Crippen molar-refractivity contribution < 1.29 is 4.74 Å². The van der Waals surface area contributed by atoms with Crippen LogP contribution in [0.25, 0.3) is 55.6 Å². The molecule has 2 nitrogen and oxygen atoms in total. The van der Waals surface area contributed by atoms with Gasteiger partial charge in [0, 0.05) is 22.4 Å². The van der Waals surface area contributed by atoms with Crippen molar-refractivity contribution in [1.29, 1.82) is 0 Å². The van der Waals surface area contributed by atoms with Gasteiger partial charge in [0.05, 0.1) is 11.4 Å². The molecule has 8 aromatic rings.